The second-order valence-corrected chi connectivity index (χ2v) is 7.27. The van der Waals surface area contributed by atoms with E-state index in [1.165, 1.54) is 48.2 Å². The van der Waals surface area contributed by atoms with Crippen molar-refractivity contribution in [1.29, 1.82) is 0 Å². The van der Waals surface area contributed by atoms with Crippen LogP contribution in [-0.2, 0) is 40.3 Å². The Hall–Kier alpha value is -2.65. The maximum atomic E-state index is 11.9. The number of ether oxygens (including phenoxy) is 1. The summed E-state index contributed by atoms with van der Waals surface area (Å²) in [5, 5.41) is 19.3. The number of fused-ring (bicyclic) bond motifs is 1. The van der Waals surface area contributed by atoms with Gasteiger partial charge in [0, 0.05) is 43.2 Å². The molecule has 2 aromatic rings. The molecule has 9 heteroatoms. The number of aromatic nitrogens is 2. The lowest BCUT2D eigenvalue weighted by molar-refractivity contribution is -0.142. The van der Waals surface area contributed by atoms with Gasteiger partial charge in [-0.05, 0) is 55.8 Å². The van der Waals surface area contributed by atoms with Gasteiger partial charge in [0.2, 0.25) is 6.41 Å². The van der Waals surface area contributed by atoms with Gasteiger partial charge in [0.15, 0.2) is 0 Å². The SMILES string of the molecule is CC(=O)OCc1c(B(O)O)ccnc1N(C=O)CCn1c(C)cc2c1CCCC2. The number of rotatable bonds is 8. The number of amides is 1. The predicted molar refractivity (Wildman–Crippen MR) is 109 cm³/mol. The minimum atomic E-state index is -1.77. The zero-order valence-electron chi connectivity index (χ0n) is 16.8. The molecule has 154 valence electrons. The third-order valence-corrected chi connectivity index (χ3v) is 5.35. The van der Waals surface area contributed by atoms with Gasteiger partial charge in [-0.15, -0.1) is 0 Å². The number of hydrogen-bond donors (Lipinski definition) is 2. The van der Waals surface area contributed by atoms with Gasteiger partial charge in [-0.2, -0.15) is 0 Å². The lowest BCUT2D eigenvalue weighted by Crippen LogP contribution is -2.37. The number of carbonyl (C=O) groups is 2. The highest BCUT2D eigenvalue weighted by Crippen LogP contribution is 2.25. The number of carbonyl (C=O) groups excluding carboxylic acids is 2. The molecule has 0 aliphatic heterocycles. The van der Waals surface area contributed by atoms with Crippen LogP contribution in [0.2, 0.25) is 0 Å². The molecule has 0 fully saturated rings. The van der Waals surface area contributed by atoms with Crippen molar-refractivity contribution in [1.82, 2.24) is 9.55 Å². The highest BCUT2D eigenvalue weighted by Gasteiger charge is 2.24. The third-order valence-electron chi connectivity index (χ3n) is 5.35. The number of hydrogen-bond acceptors (Lipinski definition) is 6. The van der Waals surface area contributed by atoms with Crippen LogP contribution < -0.4 is 10.4 Å². The molecule has 0 bridgehead atoms. The average Bonchev–Trinajstić information content (AvgIpc) is 3.02. The van der Waals surface area contributed by atoms with E-state index in [9.17, 15) is 19.6 Å². The van der Waals surface area contributed by atoms with Gasteiger partial charge in [-0.3, -0.25) is 14.5 Å². The molecule has 0 spiro atoms. The lowest BCUT2D eigenvalue weighted by atomic mass is 9.77. The predicted octanol–water partition coefficient (Wildman–Crippen LogP) is 0.476. The molecule has 1 aliphatic carbocycles. The number of nitrogens with zero attached hydrogens (tertiary/aromatic N) is 3. The highest BCUT2D eigenvalue weighted by atomic mass is 16.5. The van der Waals surface area contributed by atoms with Gasteiger partial charge < -0.3 is 19.4 Å². The van der Waals surface area contributed by atoms with E-state index in [-0.39, 0.29) is 17.9 Å². The number of aryl methyl sites for hydroxylation is 2. The minimum Gasteiger partial charge on any atom is -0.461 e. The van der Waals surface area contributed by atoms with E-state index in [0.717, 1.165) is 18.5 Å². The quantitative estimate of drug-likeness (QED) is 0.380. The van der Waals surface area contributed by atoms with Gasteiger partial charge in [-0.25, -0.2) is 4.98 Å². The van der Waals surface area contributed by atoms with Crippen LogP contribution in [0.3, 0.4) is 0 Å². The Balaban J connectivity index is 1.86. The molecule has 0 saturated heterocycles. The van der Waals surface area contributed by atoms with Crippen molar-refractivity contribution >= 4 is 30.8 Å². The summed E-state index contributed by atoms with van der Waals surface area (Å²) in [6, 6.07) is 3.65. The topological polar surface area (TPSA) is 105 Å². The zero-order valence-corrected chi connectivity index (χ0v) is 16.8. The van der Waals surface area contributed by atoms with Gasteiger partial charge in [0.05, 0.1) is 0 Å². The fourth-order valence-electron chi connectivity index (χ4n) is 3.95. The molecule has 0 aromatic carbocycles. The first-order valence-corrected chi connectivity index (χ1v) is 9.79. The van der Waals surface area contributed by atoms with Crippen molar-refractivity contribution in [3.05, 3.63) is 40.8 Å². The monoisotopic (exact) mass is 399 g/mol. The Bertz CT molecular complexity index is 896. The third kappa shape index (κ3) is 4.68. The molecule has 0 atom stereocenters. The minimum absolute atomic E-state index is 0.151. The van der Waals surface area contributed by atoms with E-state index in [1.54, 1.807) is 0 Å². The van der Waals surface area contributed by atoms with Crippen LogP contribution >= 0.6 is 0 Å². The number of pyridine rings is 1. The van der Waals surface area contributed by atoms with Crippen LogP contribution in [0.5, 0.6) is 0 Å². The first-order valence-electron chi connectivity index (χ1n) is 9.79. The molecule has 2 aromatic heterocycles. The van der Waals surface area contributed by atoms with E-state index in [2.05, 4.69) is 22.5 Å². The van der Waals surface area contributed by atoms with Crippen LogP contribution in [0.25, 0.3) is 0 Å². The molecule has 3 rings (SSSR count). The van der Waals surface area contributed by atoms with Crippen LogP contribution in [-0.4, -0.2) is 45.6 Å². The molecular formula is C20H26BN3O5. The molecule has 2 heterocycles. The summed E-state index contributed by atoms with van der Waals surface area (Å²) in [4.78, 5) is 28.8. The van der Waals surface area contributed by atoms with Crippen LogP contribution in [0.4, 0.5) is 5.82 Å². The van der Waals surface area contributed by atoms with Gasteiger partial charge in [0.25, 0.3) is 0 Å². The van der Waals surface area contributed by atoms with E-state index in [0.29, 0.717) is 25.1 Å². The Labute approximate surface area is 170 Å². The van der Waals surface area contributed by atoms with E-state index in [1.807, 2.05) is 0 Å². The second-order valence-electron chi connectivity index (χ2n) is 7.27. The largest absolute Gasteiger partial charge is 0.489 e. The Morgan fingerprint density at radius 3 is 2.83 bits per heavy atom. The van der Waals surface area contributed by atoms with Crippen LogP contribution in [0.15, 0.2) is 18.3 Å². The van der Waals surface area contributed by atoms with Crippen molar-refractivity contribution in [3.8, 4) is 0 Å². The summed E-state index contributed by atoms with van der Waals surface area (Å²) < 4.78 is 7.29. The molecule has 0 unspecified atom stereocenters. The van der Waals surface area contributed by atoms with E-state index in [4.69, 9.17) is 4.74 Å². The maximum absolute atomic E-state index is 11.9. The fourth-order valence-corrected chi connectivity index (χ4v) is 3.95. The van der Waals surface area contributed by atoms with E-state index >= 15 is 0 Å². The first-order chi connectivity index (χ1) is 13.9. The summed E-state index contributed by atoms with van der Waals surface area (Å²) in [6.45, 7) is 4.09. The van der Waals surface area contributed by atoms with Crippen molar-refractivity contribution in [2.24, 2.45) is 0 Å². The van der Waals surface area contributed by atoms with Crippen molar-refractivity contribution in [3.63, 3.8) is 0 Å². The van der Waals surface area contributed by atoms with Crippen molar-refractivity contribution in [2.45, 2.75) is 52.7 Å². The molecule has 29 heavy (non-hydrogen) atoms. The van der Waals surface area contributed by atoms with Gasteiger partial charge in [0.1, 0.15) is 12.4 Å². The zero-order chi connectivity index (χ0) is 21.0. The summed E-state index contributed by atoms with van der Waals surface area (Å²) in [7, 11) is -1.77. The molecule has 1 amide bonds. The van der Waals surface area contributed by atoms with E-state index < -0.39 is 13.1 Å². The molecular weight excluding hydrogens is 373 g/mol. The summed E-state index contributed by atoms with van der Waals surface area (Å²) in [5.41, 5.74) is 4.32. The normalized spacial score (nSPS) is 13.0. The van der Waals surface area contributed by atoms with Gasteiger partial charge in [-0.1, -0.05) is 0 Å². The first kappa shape index (κ1) is 21.1. The smallest absolute Gasteiger partial charge is 0.461 e. The molecule has 0 saturated carbocycles. The second kappa shape index (κ2) is 9.24. The van der Waals surface area contributed by atoms with Gasteiger partial charge >= 0.3 is 13.1 Å². The summed E-state index contributed by atoms with van der Waals surface area (Å²) >= 11 is 0. The Morgan fingerprint density at radius 2 is 2.14 bits per heavy atom. The molecule has 2 N–H and O–H groups in total. The standard InChI is InChI=1S/C20H26BN3O5/c1-14-11-16-5-3-4-6-19(16)24(14)10-9-23(13-25)20-17(12-29-15(2)26)18(21(27)28)7-8-22-20/h7-8,11,13,27-28H,3-6,9-10,12H2,1-2H3. The molecule has 8 nitrogen and oxygen atoms in total. The fraction of sp³-hybridized carbons (Fsp3) is 0.450. The Morgan fingerprint density at radius 1 is 1.38 bits per heavy atom. The Kier molecular flexibility index (Phi) is 6.71. The molecule has 0 radical (unpaired) electrons. The lowest BCUT2D eigenvalue weighted by Gasteiger charge is -2.23. The average molecular weight is 399 g/mol. The van der Waals surface area contributed by atoms with Crippen molar-refractivity contribution < 1.29 is 24.4 Å². The number of anilines is 1. The number of esters is 1. The molecule has 1 aliphatic rings. The maximum Gasteiger partial charge on any atom is 0.489 e. The highest BCUT2D eigenvalue weighted by molar-refractivity contribution is 6.59. The summed E-state index contributed by atoms with van der Waals surface area (Å²) in [6.07, 6.45) is 6.56. The van der Waals surface area contributed by atoms with Crippen LogP contribution in [0, 0.1) is 6.92 Å². The summed E-state index contributed by atoms with van der Waals surface area (Å²) in [5.74, 6) is -0.254. The van der Waals surface area contributed by atoms with Crippen LogP contribution in [0.1, 0.15) is 42.3 Å². The van der Waals surface area contributed by atoms with Crippen molar-refractivity contribution in [2.75, 3.05) is 11.4 Å².